The van der Waals surface area contributed by atoms with E-state index in [4.69, 9.17) is 11.5 Å². The van der Waals surface area contributed by atoms with Crippen LogP contribution in [-0.2, 0) is 9.59 Å². The van der Waals surface area contributed by atoms with Gasteiger partial charge in [-0.25, -0.2) is 0 Å². The molecule has 5 nitrogen and oxygen atoms in total. The lowest BCUT2D eigenvalue weighted by Crippen LogP contribution is -2.48. The van der Waals surface area contributed by atoms with Crippen molar-refractivity contribution in [3.05, 3.63) is 54.1 Å². The van der Waals surface area contributed by atoms with Gasteiger partial charge >= 0.3 is 0 Å². The first-order valence-electron chi connectivity index (χ1n) is 7.93. The van der Waals surface area contributed by atoms with Gasteiger partial charge in [-0.1, -0.05) is 48.9 Å². The van der Waals surface area contributed by atoms with Crippen LogP contribution in [0.3, 0.4) is 0 Å². The number of rotatable bonds is 7. The molecular weight excluding hydrogens is 302 g/mol. The molecule has 4 N–H and O–H groups in total. The number of carbonyl (C=O) groups excluding carboxylic acids is 2. The molecule has 2 rings (SSSR count). The molecule has 0 bridgehead atoms. The first-order valence-corrected chi connectivity index (χ1v) is 7.93. The van der Waals surface area contributed by atoms with Crippen molar-refractivity contribution < 1.29 is 9.59 Å². The average Bonchev–Trinajstić information content (AvgIpc) is 2.55. The van der Waals surface area contributed by atoms with Crippen LogP contribution < -0.4 is 16.4 Å². The predicted octanol–water partition coefficient (Wildman–Crippen LogP) is 2.22. The van der Waals surface area contributed by atoms with E-state index in [2.05, 4.69) is 24.3 Å². The standard InChI is InChI=1S/C19H23N3O2/c1-3-17(19(21)24)22(12-18(20)23)16-10-8-15(9-11-16)14-6-4-13(2)5-7-14/h4-11,17H,3,12H2,1-2H3,(H2,20,23)(H2,21,24)/t17-/m1/s1. The fourth-order valence-electron chi connectivity index (χ4n) is 2.72. The second-order valence-electron chi connectivity index (χ2n) is 5.83. The van der Waals surface area contributed by atoms with Crippen molar-refractivity contribution in [1.29, 1.82) is 0 Å². The monoisotopic (exact) mass is 325 g/mol. The van der Waals surface area contributed by atoms with Crippen LogP contribution in [0.15, 0.2) is 48.5 Å². The molecule has 2 aromatic carbocycles. The van der Waals surface area contributed by atoms with Gasteiger partial charge in [0.15, 0.2) is 0 Å². The van der Waals surface area contributed by atoms with Crippen molar-refractivity contribution in [2.24, 2.45) is 11.5 Å². The molecule has 0 spiro atoms. The molecule has 0 aliphatic heterocycles. The van der Waals surface area contributed by atoms with Crippen LogP contribution in [0.5, 0.6) is 0 Å². The van der Waals surface area contributed by atoms with Crippen LogP contribution in [0.2, 0.25) is 0 Å². The predicted molar refractivity (Wildman–Crippen MR) is 96.4 cm³/mol. The second-order valence-corrected chi connectivity index (χ2v) is 5.83. The zero-order chi connectivity index (χ0) is 17.7. The SMILES string of the molecule is CC[C@H](C(N)=O)N(CC(N)=O)c1ccc(-c2ccc(C)cc2)cc1. The third-order valence-corrected chi connectivity index (χ3v) is 4.00. The number of nitrogens with zero attached hydrogens (tertiary/aromatic N) is 1. The van der Waals surface area contributed by atoms with Crippen molar-refractivity contribution in [2.45, 2.75) is 26.3 Å². The maximum atomic E-state index is 11.7. The van der Waals surface area contributed by atoms with Crippen LogP contribution in [0, 0.1) is 6.92 Å². The highest BCUT2D eigenvalue weighted by atomic mass is 16.2. The molecule has 0 radical (unpaired) electrons. The lowest BCUT2D eigenvalue weighted by Gasteiger charge is -2.30. The fraction of sp³-hybridized carbons (Fsp3) is 0.263. The smallest absolute Gasteiger partial charge is 0.240 e. The first-order chi connectivity index (χ1) is 11.4. The van der Waals surface area contributed by atoms with E-state index in [-0.39, 0.29) is 6.54 Å². The highest BCUT2D eigenvalue weighted by molar-refractivity contribution is 5.87. The van der Waals surface area contributed by atoms with E-state index in [1.165, 1.54) is 5.56 Å². The quantitative estimate of drug-likeness (QED) is 0.818. The number of amides is 2. The molecule has 1 atom stereocenters. The molecule has 0 saturated heterocycles. The van der Waals surface area contributed by atoms with E-state index in [1.54, 1.807) is 4.90 Å². The first kappa shape index (κ1) is 17.5. The summed E-state index contributed by atoms with van der Waals surface area (Å²) in [5, 5.41) is 0. The van der Waals surface area contributed by atoms with Crippen molar-refractivity contribution >= 4 is 17.5 Å². The number of hydrogen-bond donors (Lipinski definition) is 2. The van der Waals surface area contributed by atoms with Gasteiger partial charge in [0.1, 0.15) is 6.04 Å². The Hall–Kier alpha value is -2.82. The number of aryl methyl sites for hydroxylation is 1. The van der Waals surface area contributed by atoms with Gasteiger partial charge in [-0.15, -0.1) is 0 Å². The number of carbonyl (C=O) groups is 2. The van der Waals surface area contributed by atoms with Gasteiger partial charge in [0.05, 0.1) is 6.54 Å². The van der Waals surface area contributed by atoms with E-state index in [0.29, 0.717) is 6.42 Å². The van der Waals surface area contributed by atoms with Crippen LogP contribution in [0.25, 0.3) is 11.1 Å². The Kier molecular flexibility index (Phi) is 5.58. The summed E-state index contributed by atoms with van der Waals surface area (Å²) in [5.74, 6) is -0.973. The Morgan fingerprint density at radius 3 is 1.88 bits per heavy atom. The molecule has 0 aromatic heterocycles. The third kappa shape index (κ3) is 4.13. The second kappa shape index (κ2) is 7.64. The Balaban J connectivity index is 2.32. The topological polar surface area (TPSA) is 89.4 Å². The van der Waals surface area contributed by atoms with E-state index in [0.717, 1.165) is 16.8 Å². The molecule has 2 amide bonds. The average molecular weight is 325 g/mol. The molecule has 2 aromatic rings. The van der Waals surface area contributed by atoms with Gasteiger partial charge in [0, 0.05) is 5.69 Å². The molecule has 0 heterocycles. The minimum absolute atomic E-state index is 0.0503. The maximum Gasteiger partial charge on any atom is 0.240 e. The lowest BCUT2D eigenvalue weighted by molar-refractivity contribution is -0.119. The molecule has 24 heavy (non-hydrogen) atoms. The minimum atomic E-state index is -0.567. The Morgan fingerprint density at radius 1 is 0.958 bits per heavy atom. The van der Waals surface area contributed by atoms with Crippen LogP contribution in [0.4, 0.5) is 5.69 Å². The minimum Gasteiger partial charge on any atom is -0.368 e. The Labute approximate surface area is 142 Å². The number of hydrogen-bond acceptors (Lipinski definition) is 3. The number of benzene rings is 2. The lowest BCUT2D eigenvalue weighted by atomic mass is 10.0. The number of nitrogens with two attached hydrogens (primary N) is 2. The zero-order valence-corrected chi connectivity index (χ0v) is 14.0. The van der Waals surface area contributed by atoms with Crippen LogP contribution in [-0.4, -0.2) is 24.4 Å². The summed E-state index contributed by atoms with van der Waals surface area (Å²) in [5.41, 5.74) is 14.9. The van der Waals surface area contributed by atoms with Gasteiger partial charge in [-0.3, -0.25) is 9.59 Å². The molecule has 0 fully saturated rings. The van der Waals surface area contributed by atoms with Crippen molar-refractivity contribution in [1.82, 2.24) is 0 Å². The third-order valence-electron chi connectivity index (χ3n) is 4.00. The summed E-state index contributed by atoms with van der Waals surface area (Å²) in [4.78, 5) is 24.7. The molecular formula is C19H23N3O2. The largest absolute Gasteiger partial charge is 0.368 e. The van der Waals surface area contributed by atoms with Crippen LogP contribution >= 0.6 is 0 Å². The molecule has 0 aliphatic carbocycles. The summed E-state index contributed by atoms with van der Waals surface area (Å²) in [7, 11) is 0. The Bertz CT molecular complexity index is 708. The highest BCUT2D eigenvalue weighted by Crippen LogP contribution is 2.25. The number of primary amides is 2. The van der Waals surface area contributed by atoms with E-state index >= 15 is 0 Å². The summed E-state index contributed by atoms with van der Waals surface area (Å²) < 4.78 is 0. The van der Waals surface area contributed by atoms with Crippen LogP contribution in [0.1, 0.15) is 18.9 Å². The molecule has 5 heteroatoms. The normalized spacial score (nSPS) is 11.8. The van der Waals surface area contributed by atoms with Gasteiger partial charge in [0.25, 0.3) is 0 Å². The molecule has 0 unspecified atom stereocenters. The van der Waals surface area contributed by atoms with E-state index in [1.807, 2.05) is 38.1 Å². The molecule has 0 saturated carbocycles. The van der Waals surface area contributed by atoms with Gasteiger partial charge < -0.3 is 16.4 Å². The summed E-state index contributed by atoms with van der Waals surface area (Å²) in [6, 6.07) is 15.3. The van der Waals surface area contributed by atoms with Gasteiger partial charge in [-0.05, 0) is 36.6 Å². The maximum absolute atomic E-state index is 11.7. The van der Waals surface area contributed by atoms with Gasteiger partial charge in [-0.2, -0.15) is 0 Å². The Morgan fingerprint density at radius 2 is 1.46 bits per heavy atom. The number of anilines is 1. The molecule has 0 aliphatic rings. The molecule has 126 valence electrons. The summed E-state index contributed by atoms with van der Waals surface area (Å²) >= 11 is 0. The summed E-state index contributed by atoms with van der Waals surface area (Å²) in [6.07, 6.45) is 0.502. The van der Waals surface area contributed by atoms with Crippen molar-refractivity contribution in [3.8, 4) is 11.1 Å². The fourth-order valence-corrected chi connectivity index (χ4v) is 2.72. The van der Waals surface area contributed by atoms with E-state index in [9.17, 15) is 9.59 Å². The highest BCUT2D eigenvalue weighted by Gasteiger charge is 2.23. The van der Waals surface area contributed by atoms with Crippen molar-refractivity contribution in [3.63, 3.8) is 0 Å². The van der Waals surface area contributed by atoms with Crippen molar-refractivity contribution in [2.75, 3.05) is 11.4 Å². The van der Waals surface area contributed by atoms with Gasteiger partial charge in [0.2, 0.25) is 11.8 Å². The van der Waals surface area contributed by atoms with E-state index < -0.39 is 17.9 Å². The zero-order valence-electron chi connectivity index (χ0n) is 14.0. The summed E-state index contributed by atoms with van der Waals surface area (Å²) in [6.45, 7) is 3.85.